The molecule has 7 heteroatoms. The second-order valence-corrected chi connectivity index (χ2v) is 10.8. The van der Waals surface area contributed by atoms with Gasteiger partial charge in [0.05, 0.1) is 0 Å². The molecule has 5 rings (SSSR count). The molecule has 3 N–H and O–H groups in total. The first-order valence-electron chi connectivity index (χ1n) is 13.0. The number of nitrogens with one attached hydrogen (secondary N) is 2. The van der Waals surface area contributed by atoms with E-state index in [1.165, 1.54) is 11.1 Å². The number of phenols is 1. The molecule has 2 fully saturated rings. The van der Waals surface area contributed by atoms with Gasteiger partial charge in [-0.1, -0.05) is 43.3 Å². The van der Waals surface area contributed by atoms with Crippen LogP contribution < -0.4 is 10.7 Å². The van der Waals surface area contributed by atoms with Crippen molar-refractivity contribution in [1.29, 1.82) is 0 Å². The smallest absolute Gasteiger partial charge is 0.408 e. The number of rotatable bonds is 5. The van der Waals surface area contributed by atoms with Gasteiger partial charge in [-0.3, -0.25) is 4.79 Å². The van der Waals surface area contributed by atoms with Gasteiger partial charge in [0.1, 0.15) is 18.4 Å². The zero-order chi connectivity index (χ0) is 25.3. The Morgan fingerprint density at radius 2 is 1.94 bits per heavy atom. The second kappa shape index (κ2) is 9.96. The van der Waals surface area contributed by atoms with Crippen LogP contribution in [0.1, 0.15) is 68.6 Å². The summed E-state index contributed by atoms with van der Waals surface area (Å²) in [7, 11) is 0. The number of benzene rings is 2. The molecule has 7 nitrogen and oxygen atoms in total. The average Bonchev–Trinajstić information content (AvgIpc) is 3.22. The molecule has 0 spiro atoms. The Morgan fingerprint density at radius 3 is 2.75 bits per heavy atom. The molecule has 2 saturated carbocycles. The molecule has 2 amide bonds. The Hall–Kier alpha value is -3.35. The third-order valence-electron chi connectivity index (χ3n) is 8.69. The fourth-order valence-electron chi connectivity index (χ4n) is 6.77. The third-order valence-corrected chi connectivity index (χ3v) is 8.69. The fourth-order valence-corrected chi connectivity index (χ4v) is 6.77. The number of amides is 2. The summed E-state index contributed by atoms with van der Waals surface area (Å²) in [5.41, 5.74) is 7.34. The Balaban J connectivity index is 1.18. The number of ether oxygens (including phenoxy) is 1. The molecular formula is C29H35N3O4. The number of carbonyl (C=O) groups is 2. The molecule has 3 aliphatic carbocycles. The zero-order valence-electron chi connectivity index (χ0n) is 21.0. The summed E-state index contributed by atoms with van der Waals surface area (Å²) in [6.45, 7) is 4.08. The van der Waals surface area contributed by atoms with Crippen molar-refractivity contribution in [2.24, 2.45) is 22.4 Å². The number of aryl methyl sites for hydroxylation is 1. The Bertz CT molecular complexity index is 1160. The molecule has 0 unspecified atom stereocenters. The first-order chi connectivity index (χ1) is 17.3. The molecule has 2 aromatic rings. The highest BCUT2D eigenvalue weighted by Gasteiger charge is 2.53. The molecule has 0 saturated heterocycles. The highest BCUT2D eigenvalue weighted by Crippen LogP contribution is 2.59. The standard InChI is InChI=1S/C29H35N3O4/c1-18(30-28(35)36-17-19-6-4-3-5-7-19)27(34)32-31-26-13-12-25-24-10-8-20-16-21(33)9-11-22(20)23(24)14-15-29(25,26)2/h3-7,9,11,16,18,23-25,33H,8,10,12-15,17H2,1-2H3,(H,30,35)(H,32,34)/b31-26-/t18-,23+,24+,25-,29-/m0/s1. The van der Waals surface area contributed by atoms with Crippen LogP contribution in [0.25, 0.3) is 0 Å². The van der Waals surface area contributed by atoms with Crippen LogP contribution in [0.3, 0.4) is 0 Å². The van der Waals surface area contributed by atoms with Crippen molar-refractivity contribution in [2.75, 3.05) is 0 Å². The van der Waals surface area contributed by atoms with Crippen LogP contribution in [-0.2, 0) is 22.6 Å². The summed E-state index contributed by atoms with van der Waals surface area (Å²) in [5.74, 6) is 1.67. The SMILES string of the molecule is C[C@H](NC(=O)OCc1ccccc1)C(=O)N/N=C1/CC[C@H]2[C@@H]3CCc4cc(O)ccc4[C@H]3CC[C@]12C. The minimum atomic E-state index is -0.760. The number of phenolic OH excluding ortho intramolecular Hbond substituents is 1. The van der Waals surface area contributed by atoms with Crippen molar-refractivity contribution in [3.05, 3.63) is 65.2 Å². The number of hydrazone groups is 1. The number of aromatic hydroxyl groups is 1. The Kier molecular flexibility index (Phi) is 6.73. The number of nitrogens with zero attached hydrogens (tertiary/aromatic N) is 1. The molecule has 0 aliphatic heterocycles. The number of fused-ring (bicyclic) bond motifs is 5. The molecule has 0 radical (unpaired) electrons. The highest BCUT2D eigenvalue weighted by molar-refractivity contribution is 5.94. The van der Waals surface area contributed by atoms with E-state index in [1.54, 1.807) is 6.92 Å². The molecule has 5 atom stereocenters. The van der Waals surface area contributed by atoms with E-state index < -0.39 is 12.1 Å². The van der Waals surface area contributed by atoms with E-state index in [0.29, 0.717) is 23.5 Å². The van der Waals surface area contributed by atoms with Gasteiger partial charge in [0.15, 0.2) is 0 Å². The summed E-state index contributed by atoms with van der Waals surface area (Å²) < 4.78 is 5.22. The Morgan fingerprint density at radius 1 is 1.14 bits per heavy atom. The number of carbonyl (C=O) groups excluding carboxylic acids is 2. The number of hydrogen-bond donors (Lipinski definition) is 3. The van der Waals surface area contributed by atoms with Gasteiger partial charge in [-0.25, -0.2) is 10.2 Å². The maximum absolute atomic E-state index is 12.7. The molecule has 0 heterocycles. The molecule has 0 bridgehead atoms. The van der Waals surface area contributed by atoms with E-state index >= 15 is 0 Å². The molecule has 190 valence electrons. The lowest BCUT2D eigenvalue weighted by Gasteiger charge is -2.49. The van der Waals surface area contributed by atoms with Gasteiger partial charge in [-0.05, 0) is 92.0 Å². The van der Waals surface area contributed by atoms with Gasteiger partial charge in [-0.15, -0.1) is 0 Å². The van der Waals surface area contributed by atoms with Gasteiger partial charge in [-0.2, -0.15) is 5.10 Å². The minimum absolute atomic E-state index is 0.0197. The van der Waals surface area contributed by atoms with Crippen molar-refractivity contribution in [1.82, 2.24) is 10.7 Å². The predicted octanol–water partition coefficient (Wildman–Crippen LogP) is 5.04. The van der Waals surface area contributed by atoms with Gasteiger partial charge < -0.3 is 15.2 Å². The Labute approximate surface area is 212 Å². The van der Waals surface area contributed by atoms with E-state index in [9.17, 15) is 14.7 Å². The van der Waals surface area contributed by atoms with E-state index in [1.807, 2.05) is 42.5 Å². The average molecular weight is 490 g/mol. The summed E-state index contributed by atoms with van der Waals surface area (Å²) in [6, 6.07) is 14.5. The van der Waals surface area contributed by atoms with Crippen LogP contribution in [-0.4, -0.2) is 28.9 Å². The normalized spacial score (nSPS) is 28.4. The van der Waals surface area contributed by atoms with Crippen LogP contribution >= 0.6 is 0 Å². The molecule has 0 aromatic heterocycles. The van der Waals surface area contributed by atoms with E-state index in [2.05, 4.69) is 28.8 Å². The van der Waals surface area contributed by atoms with Crippen LogP contribution in [0.2, 0.25) is 0 Å². The summed E-state index contributed by atoms with van der Waals surface area (Å²) in [6.07, 6.45) is 5.59. The predicted molar refractivity (Wildman–Crippen MR) is 138 cm³/mol. The lowest BCUT2D eigenvalue weighted by molar-refractivity contribution is -0.122. The lowest BCUT2D eigenvalue weighted by Crippen LogP contribution is -2.45. The van der Waals surface area contributed by atoms with E-state index in [0.717, 1.165) is 49.8 Å². The van der Waals surface area contributed by atoms with Crippen molar-refractivity contribution in [3.8, 4) is 5.75 Å². The highest BCUT2D eigenvalue weighted by atomic mass is 16.5. The monoisotopic (exact) mass is 489 g/mol. The summed E-state index contributed by atoms with van der Waals surface area (Å²) in [5, 5.41) is 17.1. The molecule has 3 aliphatic rings. The van der Waals surface area contributed by atoms with Gasteiger partial charge in [0.25, 0.3) is 5.91 Å². The topological polar surface area (TPSA) is 100 Å². The van der Waals surface area contributed by atoms with Crippen molar-refractivity contribution in [3.63, 3.8) is 0 Å². The van der Waals surface area contributed by atoms with E-state index in [-0.39, 0.29) is 17.9 Å². The van der Waals surface area contributed by atoms with Crippen molar-refractivity contribution in [2.45, 2.75) is 70.9 Å². The van der Waals surface area contributed by atoms with Crippen molar-refractivity contribution >= 4 is 17.7 Å². The third kappa shape index (κ3) is 4.71. The van der Waals surface area contributed by atoms with Gasteiger partial charge in [0.2, 0.25) is 0 Å². The van der Waals surface area contributed by atoms with Crippen LogP contribution in [0, 0.1) is 17.3 Å². The van der Waals surface area contributed by atoms with Crippen LogP contribution in [0.4, 0.5) is 4.79 Å². The molecule has 2 aromatic carbocycles. The maximum Gasteiger partial charge on any atom is 0.408 e. The molecular weight excluding hydrogens is 454 g/mol. The summed E-state index contributed by atoms with van der Waals surface area (Å²) in [4.78, 5) is 24.8. The van der Waals surface area contributed by atoms with Crippen molar-refractivity contribution < 1.29 is 19.4 Å². The first kappa shape index (κ1) is 24.3. The first-order valence-corrected chi connectivity index (χ1v) is 13.0. The summed E-state index contributed by atoms with van der Waals surface area (Å²) >= 11 is 0. The largest absolute Gasteiger partial charge is 0.508 e. The molecule has 36 heavy (non-hydrogen) atoms. The number of alkyl carbamates (subject to hydrolysis) is 1. The van der Waals surface area contributed by atoms with Gasteiger partial charge in [0, 0.05) is 11.1 Å². The fraction of sp³-hybridized carbons (Fsp3) is 0.483. The number of hydrogen-bond acceptors (Lipinski definition) is 5. The zero-order valence-corrected chi connectivity index (χ0v) is 21.0. The van der Waals surface area contributed by atoms with Gasteiger partial charge >= 0.3 is 6.09 Å². The maximum atomic E-state index is 12.7. The van der Waals surface area contributed by atoms with Crippen LogP contribution in [0.15, 0.2) is 53.6 Å². The minimum Gasteiger partial charge on any atom is -0.508 e. The van der Waals surface area contributed by atoms with Crippen LogP contribution in [0.5, 0.6) is 5.75 Å². The van der Waals surface area contributed by atoms with E-state index in [4.69, 9.17) is 4.74 Å². The second-order valence-electron chi connectivity index (χ2n) is 10.8. The lowest BCUT2D eigenvalue weighted by atomic mass is 9.55. The quantitative estimate of drug-likeness (QED) is 0.513.